The minimum atomic E-state index is -0.0943. The molecular formula is C24H40IN5O3. The first-order valence-electron chi connectivity index (χ1n) is 12.0. The van der Waals surface area contributed by atoms with Crippen LogP contribution in [0.5, 0.6) is 5.75 Å². The van der Waals surface area contributed by atoms with Crippen LogP contribution in [-0.4, -0.2) is 74.8 Å². The Hall–Kier alpha value is -1.59. The standard InChI is InChI=1S/C24H39N5O3.HI/c1-3-25-23(26-12-15-32-22-9-7-8-21(18-22)28-20(2)30)27-19-24(10-5-4-6-11-24)29-13-16-31-17-14-29;/h7-9,18H,3-6,10-17,19H2,1-2H3,(H,28,30)(H2,25,26,27);1H. The zero-order valence-corrected chi connectivity index (χ0v) is 22.4. The van der Waals surface area contributed by atoms with Crippen molar-refractivity contribution in [3.63, 3.8) is 0 Å². The molecule has 3 rings (SSSR count). The van der Waals surface area contributed by atoms with E-state index < -0.39 is 0 Å². The van der Waals surface area contributed by atoms with E-state index in [-0.39, 0.29) is 35.4 Å². The Kier molecular flexibility index (Phi) is 12.3. The van der Waals surface area contributed by atoms with Gasteiger partial charge < -0.3 is 25.4 Å². The Labute approximate surface area is 215 Å². The summed E-state index contributed by atoms with van der Waals surface area (Å²) >= 11 is 0. The summed E-state index contributed by atoms with van der Waals surface area (Å²) < 4.78 is 11.4. The van der Waals surface area contributed by atoms with Gasteiger partial charge in [0.15, 0.2) is 5.96 Å². The molecule has 1 aromatic rings. The van der Waals surface area contributed by atoms with Crippen LogP contribution in [-0.2, 0) is 9.53 Å². The van der Waals surface area contributed by atoms with E-state index in [1.54, 1.807) is 0 Å². The molecule has 1 aliphatic heterocycles. The fourth-order valence-corrected chi connectivity index (χ4v) is 4.60. The number of morpholine rings is 1. The predicted octanol–water partition coefficient (Wildman–Crippen LogP) is 3.23. The van der Waals surface area contributed by atoms with Gasteiger partial charge in [0.25, 0.3) is 0 Å². The molecule has 1 heterocycles. The van der Waals surface area contributed by atoms with E-state index in [1.165, 1.54) is 39.0 Å². The molecule has 0 atom stereocenters. The zero-order chi connectivity index (χ0) is 22.7. The van der Waals surface area contributed by atoms with Crippen LogP contribution < -0.4 is 20.7 Å². The highest BCUT2D eigenvalue weighted by atomic mass is 127. The third kappa shape index (κ3) is 8.94. The summed E-state index contributed by atoms with van der Waals surface area (Å²) in [5.74, 6) is 1.47. The van der Waals surface area contributed by atoms with Crippen LogP contribution in [0.4, 0.5) is 5.69 Å². The van der Waals surface area contributed by atoms with Crippen LogP contribution in [0, 0.1) is 0 Å². The number of anilines is 1. The maximum absolute atomic E-state index is 11.2. The second kappa shape index (κ2) is 14.6. The molecule has 1 aromatic carbocycles. The molecule has 2 aliphatic rings. The van der Waals surface area contributed by atoms with Gasteiger partial charge in [-0.25, -0.2) is 0 Å². The van der Waals surface area contributed by atoms with Gasteiger partial charge >= 0.3 is 0 Å². The third-order valence-corrected chi connectivity index (χ3v) is 6.16. The lowest BCUT2D eigenvalue weighted by atomic mass is 9.80. The van der Waals surface area contributed by atoms with Gasteiger partial charge in [-0.05, 0) is 31.9 Å². The summed E-state index contributed by atoms with van der Waals surface area (Å²) in [6, 6.07) is 7.43. The van der Waals surface area contributed by atoms with Crippen LogP contribution in [0.3, 0.4) is 0 Å². The molecule has 2 fully saturated rings. The smallest absolute Gasteiger partial charge is 0.221 e. The molecule has 0 unspecified atom stereocenters. The van der Waals surface area contributed by atoms with E-state index >= 15 is 0 Å². The summed E-state index contributed by atoms with van der Waals surface area (Å²) in [6.45, 7) is 10.0. The first-order valence-corrected chi connectivity index (χ1v) is 12.0. The number of aliphatic imine (C=N–C) groups is 1. The average molecular weight is 574 g/mol. The van der Waals surface area contributed by atoms with Crippen molar-refractivity contribution in [1.29, 1.82) is 0 Å². The van der Waals surface area contributed by atoms with Gasteiger partial charge in [0.2, 0.25) is 5.91 Å². The molecule has 0 bridgehead atoms. The van der Waals surface area contributed by atoms with Gasteiger partial charge in [-0.2, -0.15) is 0 Å². The van der Waals surface area contributed by atoms with E-state index in [9.17, 15) is 4.79 Å². The molecule has 0 radical (unpaired) electrons. The first kappa shape index (κ1) is 27.7. The quantitative estimate of drug-likeness (QED) is 0.182. The number of rotatable bonds is 9. The number of ether oxygens (including phenoxy) is 2. The number of amides is 1. The number of carbonyl (C=O) groups is 1. The first-order chi connectivity index (χ1) is 15.6. The molecule has 1 amide bonds. The lowest BCUT2D eigenvalue weighted by molar-refractivity contribution is -0.114. The van der Waals surface area contributed by atoms with Gasteiger partial charge in [0.05, 0.1) is 26.3 Å². The van der Waals surface area contributed by atoms with E-state index in [0.29, 0.717) is 13.2 Å². The van der Waals surface area contributed by atoms with Crippen LogP contribution in [0.1, 0.15) is 46.0 Å². The SMILES string of the molecule is CCNC(=NCC1(N2CCOCC2)CCCCC1)NCCOc1cccc(NC(C)=O)c1.I. The van der Waals surface area contributed by atoms with Crippen molar-refractivity contribution in [1.82, 2.24) is 15.5 Å². The maximum atomic E-state index is 11.2. The molecule has 186 valence electrons. The Balaban J connectivity index is 0.00000385. The summed E-state index contributed by atoms with van der Waals surface area (Å²) in [5.41, 5.74) is 0.893. The maximum Gasteiger partial charge on any atom is 0.221 e. The minimum absolute atomic E-state index is 0. The predicted molar refractivity (Wildman–Crippen MR) is 144 cm³/mol. The molecule has 1 saturated carbocycles. The van der Waals surface area contributed by atoms with Crippen LogP contribution in [0.25, 0.3) is 0 Å². The highest BCUT2D eigenvalue weighted by Crippen LogP contribution is 2.34. The average Bonchev–Trinajstić information content (AvgIpc) is 2.81. The summed E-state index contributed by atoms with van der Waals surface area (Å²) in [7, 11) is 0. The molecule has 33 heavy (non-hydrogen) atoms. The normalized spacial score (nSPS) is 18.7. The molecule has 8 nitrogen and oxygen atoms in total. The largest absolute Gasteiger partial charge is 0.492 e. The molecule has 0 spiro atoms. The molecule has 1 aliphatic carbocycles. The van der Waals surface area contributed by atoms with Gasteiger partial charge in [-0.15, -0.1) is 24.0 Å². The Morgan fingerprint density at radius 3 is 2.64 bits per heavy atom. The molecule has 9 heteroatoms. The molecular weight excluding hydrogens is 533 g/mol. The van der Waals surface area contributed by atoms with Gasteiger partial charge in [-0.1, -0.05) is 25.3 Å². The topological polar surface area (TPSA) is 87.2 Å². The lowest BCUT2D eigenvalue weighted by Crippen LogP contribution is -2.56. The number of benzene rings is 1. The second-order valence-corrected chi connectivity index (χ2v) is 8.56. The summed E-state index contributed by atoms with van der Waals surface area (Å²) in [6.07, 6.45) is 6.31. The summed E-state index contributed by atoms with van der Waals surface area (Å²) in [5, 5.41) is 9.54. The van der Waals surface area contributed by atoms with Crippen molar-refractivity contribution in [2.75, 3.05) is 57.9 Å². The molecule has 0 aromatic heterocycles. The van der Waals surface area contributed by atoms with Crippen LogP contribution in [0.15, 0.2) is 29.3 Å². The van der Waals surface area contributed by atoms with E-state index in [1.807, 2.05) is 24.3 Å². The number of halogens is 1. The Bertz CT molecular complexity index is 749. The van der Waals surface area contributed by atoms with Gasteiger partial charge in [0.1, 0.15) is 12.4 Å². The molecule has 1 saturated heterocycles. The van der Waals surface area contributed by atoms with Crippen molar-refractivity contribution in [2.24, 2.45) is 4.99 Å². The third-order valence-electron chi connectivity index (χ3n) is 6.16. The second-order valence-electron chi connectivity index (χ2n) is 8.56. The van der Waals surface area contributed by atoms with E-state index in [0.717, 1.165) is 56.8 Å². The van der Waals surface area contributed by atoms with E-state index in [4.69, 9.17) is 14.5 Å². The Morgan fingerprint density at radius 2 is 1.94 bits per heavy atom. The number of nitrogens with zero attached hydrogens (tertiary/aromatic N) is 2. The highest BCUT2D eigenvalue weighted by Gasteiger charge is 2.38. The monoisotopic (exact) mass is 573 g/mol. The molecule has 3 N–H and O–H groups in total. The number of hydrogen-bond donors (Lipinski definition) is 3. The Morgan fingerprint density at radius 1 is 1.18 bits per heavy atom. The number of nitrogens with one attached hydrogen (secondary N) is 3. The van der Waals surface area contributed by atoms with Gasteiger partial charge in [-0.3, -0.25) is 14.7 Å². The minimum Gasteiger partial charge on any atom is -0.492 e. The van der Waals surface area contributed by atoms with E-state index in [2.05, 4.69) is 27.8 Å². The van der Waals surface area contributed by atoms with Crippen molar-refractivity contribution in [3.05, 3.63) is 24.3 Å². The highest BCUT2D eigenvalue weighted by molar-refractivity contribution is 14.0. The van der Waals surface area contributed by atoms with Gasteiger partial charge in [0, 0.05) is 43.9 Å². The number of hydrogen-bond acceptors (Lipinski definition) is 5. The zero-order valence-electron chi connectivity index (χ0n) is 20.0. The summed E-state index contributed by atoms with van der Waals surface area (Å²) in [4.78, 5) is 18.8. The number of guanidine groups is 1. The fourth-order valence-electron chi connectivity index (χ4n) is 4.60. The van der Waals surface area contributed by atoms with Crippen molar-refractivity contribution >= 4 is 41.5 Å². The lowest BCUT2D eigenvalue weighted by Gasteiger charge is -2.47. The fraction of sp³-hybridized carbons (Fsp3) is 0.667. The van der Waals surface area contributed by atoms with Crippen LogP contribution in [0.2, 0.25) is 0 Å². The number of carbonyl (C=O) groups excluding carboxylic acids is 1. The van der Waals surface area contributed by atoms with Crippen molar-refractivity contribution in [3.8, 4) is 5.75 Å². The van der Waals surface area contributed by atoms with Crippen LogP contribution >= 0.6 is 24.0 Å². The van der Waals surface area contributed by atoms with Crippen molar-refractivity contribution < 1.29 is 14.3 Å². The van der Waals surface area contributed by atoms with Crippen molar-refractivity contribution in [2.45, 2.75) is 51.5 Å².